The molecule has 0 bridgehead atoms. The normalized spacial score (nSPS) is 36.5. The molecule has 2 nitrogen and oxygen atoms in total. The molecule has 2 rings (SSSR count). The average molecular weight is 252 g/mol. The molecule has 1 saturated carbocycles. The number of nitrogens with zero attached hydrogens (tertiary/aromatic N) is 1. The molecule has 2 fully saturated rings. The Hall–Kier alpha value is -0.0800. The van der Waals surface area contributed by atoms with Crippen molar-refractivity contribution in [1.82, 2.24) is 10.2 Å². The maximum atomic E-state index is 3.67. The highest BCUT2D eigenvalue weighted by Crippen LogP contribution is 2.30. The van der Waals surface area contributed by atoms with E-state index in [-0.39, 0.29) is 0 Å². The summed E-state index contributed by atoms with van der Waals surface area (Å²) in [5.74, 6) is 0.793. The second-order valence-electron chi connectivity index (χ2n) is 6.44. The van der Waals surface area contributed by atoms with Crippen LogP contribution in [0.1, 0.15) is 65.7 Å². The van der Waals surface area contributed by atoms with Crippen LogP contribution in [0.2, 0.25) is 0 Å². The van der Waals surface area contributed by atoms with Crippen LogP contribution in [0.15, 0.2) is 0 Å². The second-order valence-corrected chi connectivity index (χ2v) is 6.44. The summed E-state index contributed by atoms with van der Waals surface area (Å²) >= 11 is 0. The van der Waals surface area contributed by atoms with Gasteiger partial charge in [0.1, 0.15) is 0 Å². The van der Waals surface area contributed by atoms with E-state index in [1.807, 2.05) is 0 Å². The molecule has 0 radical (unpaired) electrons. The Labute approximate surface area is 114 Å². The second kappa shape index (κ2) is 6.91. The minimum absolute atomic E-state index is 0.743. The third kappa shape index (κ3) is 3.27. The lowest BCUT2D eigenvalue weighted by Gasteiger charge is -2.46. The standard InChI is InChI=1S/C16H32N2/c1-4-17-16-11-12-18(14(3)13(16)2)15-9-7-5-6-8-10-15/h13-17H,4-12H2,1-3H3. The van der Waals surface area contributed by atoms with Crippen LogP contribution >= 0.6 is 0 Å². The summed E-state index contributed by atoms with van der Waals surface area (Å²) in [5.41, 5.74) is 0. The van der Waals surface area contributed by atoms with Gasteiger partial charge in [-0.2, -0.15) is 0 Å². The van der Waals surface area contributed by atoms with Gasteiger partial charge >= 0.3 is 0 Å². The van der Waals surface area contributed by atoms with Gasteiger partial charge in [-0.05, 0) is 38.6 Å². The summed E-state index contributed by atoms with van der Waals surface area (Å²) in [7, 11) is 0. The predicted octanol–water partition coefficient (Wildman–Crippen LogP) is 3.42. The van der Waals surface area contributed by atoms with Gasteiger partial charge in [0, 0.05) is 24.7 Å². The lowest BCUT2D eigenvalue weighted by molar-refractivity contribution is 0.0410. The van der Waals surface area contributed by atoms with Crippen molar-refractivity contribution in [1.29, 1.82) is 0 Å². The lowest BCUT2D eigenvalue weighted by atomic mass is 9.85. The molecule has 1 aliphatic heterocycles. The van der Waals surface area contributed by atoms with Gasteiger partial charge in [0.15, 0.2) is 0 Å². The molecule has 3 unspecified atom stereocenters. The van der Waals surface area contributed by atoms with Crippen molar-refractivity contribution in [3.63, 3.8) is 0 Å². The molecule has 18 heavy (non-hydrogen) atoms. The van der Waals surface area contributed by atoms with Crippen LogP contribution < -0.4 is 5.32 Å². The van der Waals surface area contributed by atoms with E-state index in [1.165, 1.54) is 51.5 Å². The third-order valence-electron chi connectivity index (χ3n) is 5.38. The Bertz CT molecular complexity index is 233. The molecule has 1 saturated heterocycles. The van der Waals surface area contributed by atoms with Crippen molar-refractivity contribution in [2.45, 2.75) is 83.8 Å². The van der Waals surface area contributed by atoms with Gasteiger partial charge in [0.25, 0.3) is 0 Å². The first-order valence-corrected chi connectivity index (χ1v) is 8.23. The Morgan fingerprint density at radius 2 is 1.67 bits per heavy atom. The zero-order valence-corrected chi connectivity index (χ0v) is 12.6. The van der Waals surface area contributed by atoms with Gasteiger partial charge in [-0.1, -0.05) is 39.5 Å². The van der Waals surface area contributed by atoms with Crippen LogP contribution in [0.3, 0.4) is 0 Å². The van der Waals surface area contributed by atoms with Crippen molar-refractivity contribution in [2.24, 2.45) is 5.92 Å². The monoisotopic (exact) mass is 252 g/mol. The van der Waals surface area contributed by atoms with Crippen LogP contribution in [0.5, 0.6) is 0 Å². The van der Waals surface area contributed by atoms with E-state index in [0.717, 1.165) is 30.6 Å². The summed E-state index contributed by atoms with van der Waals surface area (Å²) in [6.07, 6.45) is 10.1. The Morgan fingerprint density at radius 1 is 1.00 bits per heavy atom. The molecule has 0 aromatic rings. The zero-order valence-electron chi connectivity index (χ0n) is 12.6. The fourth-order valence-corrected chi connectivity index (χ4v) is 4.05. The molecule has 0 aromatic heterocycles. The SMILES string of the molecule is CCNC1CCN(C2CCCCCC2)C(C)C1C. The molecule has 106 valence electrons. The summed E-state index contributed by atoms with van der Waals surface area (Å²) in [4.78, 5) is 2.84. The molecular weight excluding hydrogens is 220 g/mol. The summed E-state index contributed by atoms with van der Waals surface area (Å²) < 4.78 is 0. The fourth-order valence-electron chi connectivity index (χ4n) is 4.05. The fraction of sp³-hybridized carbons (Fsp3) is 1.00. The Balaban J connectivity index is 1.93. The van der Waals surface area contributed by atoms with Gasteiger partial charge in [-0.3, -0.25) is 4.90 Å². The van der Waals surface area contributed by atoms with Gasteiger partial charge < -0.3 is 5.32 Å². The van der Waals surface area contributed by atoms with Crippen LogP contribution in [-0.2, 0) is 0 Å². The smallest absolute Gasteiger partial charge is 0.0120 e. The van der Waals surface area contributed by atoms with Crippen molar-refractivity contribution in [2.75, 3.05) is 13.1 Å². The van der Waals surface area contributed by atoms with Crippen molar-refractivity contribution in [3.8, 4) is 0 Å². The molecule has 1 heterocycles. The number of hydrogen-bond acceptors (Lipinski definition) is 2. The van der Waals surface area contributed by atoms with Gasteiger partial charge in [-0.15, -0.1) is 0 Å². The molecule has 1 aliphatic carbocycles. The van der Waals surface area contributed by atoms with Gasteiger partial charge in [-0.25, -0.2) is 0 Å². The van der Waals surface area contributed by atoms with Crippen LogP contribution in [-0.4, -0.2) is 36.1 Å². The predicted molar refractivity (Wildman–Crippen MR) is 78.9 cm³/mol. The minimum atomic E-state index is 0.743. The van der Waals surface area contributed by atoms with Crippen molar-refractivity contribution >= 4 is 0 Å². The molecule has 0 aromatic carbocycles. The van der Waals surface area contributed by atoms with E-state index < -0.39 is 0 Å². The summed E-state index contributed by atoms with van der Waals surface area (Å²) in [6.45, 7) is 9.56. The quantitative estimate of drug-likeness (QED) is 0.774. The van der Waals surface area contributed by atoms with E-state index >= 15 is 0 Å². The third-order valence-corrected chi connectivity index (χ3v) is 5.38. The molecular formula is C16H32N2. The molecule has 1 N–H and O–H groups in total. The van der Waals surface area contributed by atoms with E-state index in [4.69, 9.17) is 0 Å². The van der Waals surface area contributed by atoms with Crippen molar-refractivity contribution < 1.29 is 0 Å². The maximum Gasteiger partial charge on any atom is 0.0120 e. The maximum absolute atomic E-state index is 3.67. The number of piperidine rings is 1. The molecule has 2 heteroatoms. The van der Waals surface area contributed by atoms with Crippen LogP contribution in [0.25, 0.3) is 0 Å². The van der Waals surface area contributed by atoms with E-state index in [9.17, 15) is 0 Å². The first kappa shape index (κ1) is 14.3. The molecule has 2 aliphatic rings. The summed E-state index contributed by atoms with van der Waals surface area (Å²) in [5, 5.41) is 3.67. The van der Waals surface area contributed by atoms with Crippen LogP contribution in [0, 0.1) is 5.92 Å². The minimum Gasteiger partial charge on any atom is -0.314 e. The van der Waals surface area contributed by atoms with E-state index in [2.05, 4.69) is 31.0 Å². The lowest BCUT2D eigenvalue weighted by Crippen LogP contribution is -2.56. The number of nitrogens with one attached hydrogen (secondary N) is 1. The highest BCUT2D eigenvalue weighted by Gasteiger charge is 2.35. The Morgan fingerprint density at radius 3 is 2.28 bits per heavy atom. The van der Waals surface area contributed by atoms with E-state index in [0.29, 0.717) is 0 Å². The molecule has 0 amide bonds. The topological polar surface area (TPSA) is 15.3 Å². The summed E-state index contributed by atoms with van der Waals surface area (Å²) in [6, 6.07) is 2.38. The average Bonchev–Trinajstić information content (AvgIpc) is 2.64. The van der Waals surface area contributed by atoms with Crippen LogP contribution in [0.4, 0.5) is 0 Å². The number of likely N-dealkylation sites (tertiary alicyclic amines) is 1. The van der Waals surface area contributed by atoms with Gasteiger partial charge in [0.2, 0.25) is 0 Å². The number of rotatable bonds is 3. The molecule has 3 atom stereocenters. The first-order chi connectivity index (χ1) is 8.74. The molecule has 0 spiro atoms. The van der Waals surface area contributed by atoms with Gasteiger partial charge in [0.05, 0.1) is 0 Å². The zero-order chi connectivity index (χ0) is 13.0. The number of hydrogen-bond donors (Lipinski definition) is 1. The van der Waals surface area contributed by atoms with Crippen molar-refractivity contribution in [3.05, 3.63) is 0 Å². The van der Waals surface area contributed by atoms with E-state index in [1.54, 1.807) is 0 Å². The first-order valence-electron chi connectivity index (χ1n) is 8.23. The highest BCUT2D eigenvalue weighted by atomic mass is 15.2. The Kier molecular flexibility index (Phi) is 5.50. The largest absolute Gasteiger partial charge is 0.314 e. The highest BCUT2D eigenvalue weighted by molar-refractivity contribution is 4.91.